The molecule has 0 aliphatic rings. The zero-order valence-electron chi connectivity index (χ0n) is 11.5. The van der Waals surface area contributed by atoms with Gasteiger partial charge < -0.3 is 5.11 Å². The Morgan fingerprint density at radius 3 is 2.52 bits per heavy atom. The number of hydrogen-bond acceptors (Lipinski definition) is 4. The fraction of sp³-hybridized carbons (Fsp3) is 0.143. The first-order valence-electron chi connectivity index (χ1n) is 6.10. The number of sulfonamides is 1. The second-order valence-corrected chi connectivity index (χ2v) is 6.21. The van der Waals surface area contributed by atoms with Crippen LogP contribution in [0.4, 0.5) is 5.82 Å². The Morgan fingerprint density at radius 1 is 1.19 bits per heavy atom. The quantitative estimate of drug-likeness (QED) is 0.902. The number of aromatic nitrogens is 1. The molecule has 0 fully saturated rings. The van der Waals surface area contributed by atoms with Crippen molar-refractivity contribution in [1.29, 1.82) is 0 Å². The van der Waals surface area contributed by atoms with E-state index in [4.69, 9.17) is 5.11 Å². The van der Waals surface area contributed by atoms with Crippen molar-refractivity contribution < 1.29 is 18.3 Å². The van der Waals surface area contributed by atoms with Crippen LogP contribution in [0.15, 0.2) is 41.3 Å². The van der Waals surface area contributed by atoms with Gasteiger partial charge in [-0.1, -0.05) is 12.1 Å². The van der Waals surface area contributed by atoms with Crippen molar-refractivity contribution >= 4 is 21.8 Å². The minimum atomic E-state index is -3.89. The number of carboxylic acid groups (broad SMARTS) is 1. The maximum Gasteiger partial charge on any atom is 0.335 e. The second-order valence-electron chi connectivity index (χ2n) is 4.56. The van der Waals surface area contributed by atoms with Gasteiger partial charge in [-0.2, -0.15) is 0 Å². The lowest BCUT2D eigenvalue weighted by molar-refractivity contribution is 0.0696. The van der Waals surface area contributed by atoms with Crippen LogP contribution in [0.5, 0.6) is 0 Å². The molecule has 1 aromatic carbocycles. The van der Waals surface area contributed by atoms with Gasteiger partial charge >= 0.3 is 5.97 Å². The van der Waals surface area contributed by atoms with E-state index in [0.29, 0.717) is 11.3 Å². The molecule has 2 N–H and O–H groups in total. The van der Waals surface area contributed by atoms with E-state index in [-0.39, 0.29) is 16.3 Å². The maximum absolute atomic E-state index is 12.4. The van der Waals surface area contributed by atoms with Crippen LogP contribution in [0.3, 0.4) is 0 Å². The Hall–Kier alpha value is -2.41. The molecule has 0 atom stereocenters. The van der Waals surface area contributed by atoms with Crippen molar-refractivity contribution in [2.75, 3.05) is 4.72 Å². The summed E-state index contributed by atoms with van der Waals surface area (Å²) < 4.78 is 27.1. The molecule has 1 heterocycles. The van der Waals surface area contributed by atoms with Crippen LogP contribution < -0.4 is 4.72 Å². The van der Waals surface area contributed by atoms with Crippen molar-refractivity contribution in [3.8, 4) is 0 Å². The van der Waals surface area contributed by atoms with Gasteiger partial charge in [0.15, 0.2) is 0 Å². The van der Waals surface area contributed by atoms with Gasteiger partial charge in [-0.05, 0) is 43.7 Å². The van der Waals surface area contributed by atoms with Gasteiger partial charge in [0.25, 0.3) is 10.0 Å². The molecule has 2 aromatic rings. The predicted octanol–water partition coefficient (Wildman–Crippen LogP) is 2.20. The van der Waals surface area contributed by atoms with E-state index in [9.17, 15) is 13.2 Å². The lowest BCUT2D eigenvalue weighted by Crippen LogP contribution is -2.16. The molecule has 0 saturated heterocycles. The number of anilines is 1. The van der Waals surface area contributed by atoms with Gasteiger partial charge in [0, 0.05) is 5.69 Å². The first-order valence-corrected chi connectivity index (χ1v) is 7.58. The third kappa shape index (κ3) is 3.38. The standard InChI is InChI=1S/C14H14N2O4S/c1-9-6-7-11(14(17)18)8-12(9)21(19,20)16-13-5-3-4-10(2)15-13/h3-8H,1-2H3,(H,15,16)(H,17,18). The van der Waals surface area contributed by atoms with Crippen LogP contribution in [0.2, 0.25) is 0 Å². The summed E-state index contributed by atoms with van der Waals surface area (Å²) >= 11 is 0. The van der Waals surface area contributed by atoms with Crippen molar-refractivity contribution in [3.63, 3.8) is 0 Å². The average molecular weight is 306 g/mol. The lowest BCUT2D eigenvalue weighted by Gasteiger charge is -2.10. The van der Waals surface area contributed by atoms with Crippen LogP contribution >= 0.6 is 0 Å². The number of carboxylic acids is 1. The molecule has 1 aromatic heterocycles. The summed E-state index contributed by atoms with van der Waals surface area (Å²) in [5.41, 5.74) is 1.05. The summed E-state index contributed by atoms with van der Waals surface area (Å²) in [7, 11) is -3.89. The van der Waals surface area contributed by atoms with E-state index in [0.717, 1.165) is 6.07 Å². The highest BCUT2D eigenvalue weighted by Crippen LogP contribution is 2.20. The molecule has 110 valence electrons. The third-order valence-corrected chi connectivity index (χ3v) is 4.35. The maximum atomic E-state index is 12.4. The summed E-state index contributed by atoms with van der Waals surface area (Å²) in [4.78, 5) is 15.0. The van der Waals surface area contributed by atoms with Crippen LogP contribution in [0, 0.1) is 13.8 Å². The zero-order chi connectivity index (χ0) is 15.6. The fourth-order valence-corrected chi connectivity index (χ4v) is 3.09. The van der Waals surface area contributed by atoms with Gasteiger partial charge in [-0.3, -0.25) is 4.72 Å². The molecule has 21 heavy (non-hydrogen) atoms. The second kappa shape index (κ2) is 5.53. The summed E-state index contributed by atoms with van der Waals surface area (Å²) in [6.07, 6.45) is 0. The highest BCUT2D eigenvalue weighted by Gasteiger charge is 2.19. The molecule has 0 aliphatic carbocycles. The van der Waals surface area contributed by atoms with E-state index < -0.39 is 16.0 Å². The third-order valence-electron chi connectivity index (χ3n) is 2.85. The molecule has 7 heteroatoms. The number of hydrogen-bond donors (Lipinski definition) is 2. The monoisotopic (exact) mass is 306 g/mol. The van der Waals surface area contributed by atoms with Gasteiger partial charge in [-0.25, -0.2) is 18.2 Å². The highest BCUT2D eigenvalue weighted by atomic mass is 32.2. The van der Waals surface area contributed by atoms with Crippen molar-refractivity contribution in [2.45, 2.75) is 18.7 Å². The van der Waals surface area contributed by atoms with Crippen molar-refractivity contribution in [3.05, 3.63) is 53.2 Å². The number of aryl methyl sites for hydroxylation is 2. The number of carbonyl (C=O) groups is 1. The van der Waals surface area contributed by atoms with Gasteiger partial charge in [0.05, 0.1) is 10.5 Å². The topological polar surface area (TPSA) is 96.4 Å². The summed E-state index contributed by atoms with van der Waals surface area (Å²) in [6.45, 7) is 3.35. The number of aromatic carboxylic acids is 1. The lowest BCUT2D eigenvalue weighted by atomic mass is 10.1. The normalized spacial score (nSPS) is 11.1. The molecule has 0 amide bonds. The molecule has 2 rings (SSSR count). The number of nitrogens with one attached hydrogen (secondary N) is 1. The molecule has 0 spiro atoms. The Bertz CT molecular complexity index is 800. The number of nitrogens with zero attached hydrogens (tertiary/aromatic N) is 1. The van der Waals surface area contributed by atoms with Crippen LogP contribution in [0.1, 0.15) is 21.6 Å². The molecular weight excluding hydrogens is 292 g/mol. The van der Waals surface area contributed by atoms with Crippen LogP contribution in [0.25, 0.3) is 0 Å². The SMILES string of the molecule is Cc1cccc(NS(=O)(=O)c2cc(C(=O)O)ccc2C)n1. The molecule has 6 nitrogen and oxygen atoms in total. The van der Waals surface area contributed by atoms with E-state index in [1.807, 2.05) is 0 Å². The van der Waals surface area contributed by atoms with Crippen LogP contribution in [-0.2, 0) is 10.0 Å². The van der Waals surface area contributed by atoms with E-state index in [2.05, 4.69) is 9.71 Å². The smallest absolute Gasteiger partial charge is 0.335 e. The van der Waals surface area contributed by atoms with Crippen molar-refractivity contribution in [1.82, 2.24) is 4.98 Å². The number of benzene rings is 1. The van der Waals surface area contributed by atoms with Gasteiger partial charge in [-0.15, -0.1) is 0 Å². The zero-order valence-corrected chi connectivity index (χ0v) is 12.3. The fourth-order valence-electron chi connectivity index (χ4n) is 1.82. The summed E-state index contributed by atoms with van der Waals surface area (Å²) in [5, 5.41) is 8.96. The molecule has 0 radical (unpaired) electrons. The molecule has 0 unspecified atom stereocenters. The predicted molar refractivity (Wildman–Crippen MR) is 77.9 cm³/mol. The molecule has 0 aliphatic heterocycles. The molecule has 0 saturated carbocycles. The first kappa shape index (κ1) is 15.0. The van der Waals surface area contributed by atoms with E-state index in [1.165, 1.54) is 18.2 Å². The Morgan fingerprint density at radius 2 is 1.90 bits per heavy atom. The largest absolute Gasteiger partial charge is 0.478 e. The van der Waals surface area contributed by atoms with Crippen LogP contribution in [-0.4, -0.2) is 24.5 Å². The first-order chi connectivity index (χ1) is 9.79. The summed E-state index contributed by atoms with van der Waals surface area (Å²) in [6, 6.07) is 8.91. The average Bonchev–Trinajstić information content (AvgIpc) is 2.38. The Balaban J connectivity index is 2.44. The van der Waals surface area contributed by atoms with Crippen molar-refractivity contribution in [2.24, 2.45) is 0 Å². The molecular formula is C14H14N2O4S. The minimum absolute atomic E-state index is 0.0780. The minimum Gasteiger partial charge on any atom is -0.478 e. The van der Waals surface area contributed by atoms with E-state index in [1.54, 1.807) is 26.0 Å². The Kier molecular flexibility index (Phi) is 3.95. The van der Waals surface area contributed by atoms with Gasteiger partial charge in [0.1, 0.15) is 5.82 Å². The Labute approximate surface area is 122 Å². The highest BCUT2D eigenvalue weighted by molar-refractivity contribution is 7.92. The summed E-state index contributed by atoms with van der Waals surface area (Å²) in [5.74, 6) is -0.991. The number of rotatable bonds is 4. The molecule has 0 bridgehead atoms. The van der Waals surface area contributed by atoms with E-state index >= 15 is 0 Å². The number of pyridine rings is 1. The van der Waals surface area contributed by atoms with Gasteiger partial charge in [0.2, 0.25) is 0 Å².